The second-order valence-electron chi connectivity index (χ2n) is 7.90. The first-order chi connectivity index (χ1) is 13.7. The van der Waals surface area contributed by atoms with Gasteiger partial charge in [0.05, 0.1) is 18.1 Å². The SMILES string of the molecule is CC1(C)Cc2c(cnn2-c2ccc(F)cc2)CN(C(=O)c2cn[nH]c2[N+](=O)[O-])C1. The number of carbonyl (C=O) groups is 1. The van der Waals surface area contributed by atoms with E-state index < -0.39 is 16.6 Å². The highest BCUT2D eigenvalue weighted by Crippen LogP contribution is 2.32. The van der Waals surface area contributed by atoms with Gasteiger partial charge in [0.25, 0.3) is 5.91 Å². The Morgan fingerprint density at radius 2 is 2.00 bits per heavy atom. The molecule has 0 saturated heterocycles. The van der Waals surface area contributed by atoms with Gasteiger partial charge < -0.3 is 15.0 Å². The molecule has 10 heteroatoms. The van der Waals surface area contributed by atoms with E-state index in [1.807, 2.05) is 13.8 Å². The lowest BCUT2D eigenvalue weighted by molar-refractivity contribution is -0.389. The van der Waals surface area contributed by atoms with Crippen LogP contribution in [0.4, 0.5) is 10.2 Å². The molecule has 0 aliphatic carbocycles. The van der Waals surface area contributed by atoms with Crippen molar-refractivity contribution in [1.29, 1.82) is 0 Å². The van der Waals surface area contributed by atoms with Gasteiger partial charge in [-0.3, -0.25) is 4.79 Å². The molecule has 2 aromatic heterocycles. The van der Waals surface area contributed by atoms with Crippen molar-refractivity contribution >= 4 is 11.7 Å². The first kappa shape index (κ1) is 18.8. The number of amides is 1. The van der Waals surface area contributed by atoms with Gasteiger partial charge in [-0.1, -0.05) is 18.9 Å². The smallest absolute Gasteiger partial charge is 0.355 e. The number of nitrogens with one attached hydrogen (secondary N) is 1. The number of hydrogen-bond donors (Lipinski definition) is 1. The molecule has 9 nitrogen and oxygen atoms in total. The summed E-state index contributed by atoms with van der Waals surface area (Å²) in [6.07, 6.45) is 3.50. The zero-order valence-corrected chi connectivity index (χ0v) is 15.9. The third-order valence-electron chi connectivity index (χ3n) is 4.97. The predicted octanol–water partition coefficient (Wildman–Crippen LogP) is 2.87. The maximum Gasteiger partial charge on any atom is 0.355 e. The van der Waals surface area contributed by atoms with E-state index >= 15 is 0 Å². The molecule has 1 amide bonds. The minimum atomic E-state index is -0.652. The lowest BCUT2D eigenvalue weighted by atomic mass is 9.87. The number of benzene rings is 1. The Labute approximate surface area is 165 Å². The Bertz CT molecular complexity index is 1090. The summed E-state index contributed by atoms with van der Waals surface area (Å²) in [5.74, 6) is -1.20. The number of H-pyrrole nitrogens is 1. The fraction of sp³-hybridized carbons (Fsp3) is 0.316. The number of aromatic amines is 1. The van der Waals surface area contributed by atoms with Gasteiger partial charge in [-0.2, -0.15) is 5.10 Å². The molecule has 1 N–H and O–H groups in total. The van der Waals surface area contributed by atoms with E-state index in [1.165, 1.54) is 18.3 Å². The van der Waals surface area contributed by atoms with Gasteiger partial charge >= 0.3 is 5.82 Å². The van der Waals surface area contributed by atoms with E-state index in [2.05, 4.69) is 15.3 Å². The highest BCUT2D eigenvalue weighted by molar-refractivity contribution is 5.97. The average Bonchev–Trinajstić information content (AvgIpc) is 3.26. The van der Waals surface area contributed by atoms with Gasteiger partial charge in [0.2, 0.25) is 0 Å². The van der Waals surface area contributed by atoms with E-state index in [4.69, 9.17) is 0 Å². The molecular formula is C19H19FN6O3. The van der Waals surface area contributed by atoms with Crippen LogP contribution in [0.15, 0.2) is 36.7 Å². The predicted molar refractivity (Wildman–Crippen MR) is 101 cm³/mol. The molecule has 1 aliphatic heterocycles. The zero-order chi connectivity index (χ0) is 20.8. The second-order valence-corrected chi connectivity index (χ2v) is 7.90. The number of nitrogens with zero attached hydrogens (tertiary/aromatic N) is 5. The van der Waals surface area contributed by atoms with E-state index in [0.717, 1.165) is 16.9 Å². The van der Waals surface area contributed by atoms with Crippen molar-refractivity contribution in [2.75, 3.05) is 6.54 Å². The van der Waals surface area contributed by atoms with E-state index in [0.29, 0.717) is 13.0 Å². The molecule has 0 radical (unpaired) electrons. The molecule has 0 fully saturated rings. The van der Waals surface area contributed by atoms with Crippen LogP contribution in [0.3, 0.4) is 0 Å². The molecule has 0 saturated carbocycles. The third kappa shape index (κ3) is 3.48. The highest BCUT2D eigenvalue weighted by atomic mass is 19.1. The number of hydrogen-bond acceptors (Lipinski definition) is 5. The summed E-state index contributed by atoms with van der Waals surface area (Å²) < 4.78 is 15.0. The van der Waals surface area contributed by atoms with Crippen LogP contribution < -0.4 is 0 Å². The van der Waals surface area contributed by atoms with Gasteiger partial charge in [0.1, 0.15) is 5.82 Å². The molecule has 1 aromatic carbocycles. The fourth-order valence-corrected chi connectivity index (χ4v) is 3.71. The molecule has 150 valence electrons. The normalized spacial score (nSPS) is 15.6. The molecule has 29 heavy (non-hydrogen) atoms. The molecule has 0 spiro atoms. The minimum absolute atomic E-state index is 0.0693. The van der Waals surface area contributed by atoms with Crippen LogP contribution in [-0.2, 0) is 13.0 Å². The van der Waals surface area contributed by atoms with E-state index in [1.54, 1.807) is 27.9 Å². The van der Waals surface area contributed by atoms with Crippen LogP contribution >= 0.6 is 0 Å². The summed E-state index contributed by atoms with van der Waals surface area (Å²) in [4.78, 5) is 25.1. The van der Waals surface area contributed by atoms with Gasteiger partial charge in [-0.15, -0.1) is 5.10 Å². The van der Waals surface area contributed by atoms with E-state index in [9.17, 15) is 19.3 Å². The maximum atomic E-state index is 13.3. The molecule has 0 atom stereocenters. The van der Waals surface area contributed by atoms with Crippen LogP contribution in [0.1, 0.15) is 35.5 Å². The molecule has 3 heterocycles. The van der Waals surface area contributed by atoms with Crippen LogP contribution in [0.25, 0.3) is 5.69 Å². The van der Waals surface area contributed by atoms with Crippen molar-refractivity contribution in [3.05, 3.63) is 69.4 Å². The first-order valence-corrected chi connectivity index (χ1v) is 9.04. The maximum absolute atomic E-state index is 13.3. The Hall–Kier alpha value is -3.56. The van der Waals surface area contributed by atoms with Crippen LogP contribution in [-0.4, -0.2) is 42.3 Å². The molecule has 1 aliphatic rings. The Morgan fingerprint density at radius 3 is 2.69 bits per heavy atom. The first-order valence-electron chi connectivity index (χ1n) is 9.04. The van der Waals surface area contributed by atoms with Crippen LogP contribution in [0.2, 0.25) is 0 Å². The second kappa shape index (κ2) is 6.80. The average molecular weight is 398 g/mol. The number of carbonyl (C=O) groups excluding carboxylic acids is 1. The summed E-state index contributed by atoms with van der Waals surface area (Å²) in [5.41, 5.74) is 2.13. The lowest BCUT2D eigenvalue weighted by Gasteiger charge is -2.29. The van der Waals surface area contributed by atoms with Gasteiger partial charge in [-0.05, 0) is 41.0 Å². The topological polar surface area (TPSA) is 110 Å². The molecule has 0 bridgehead atoms. The summed E-state index contributed by atoms with van der Waals surface area (Å²) >= 11 is 0. The number of aromatic nitrogens is 4. The van der Waals surface area contributed by atoms with Crippen molar-refractivity contribution in [3.63, 3.8) is 0 Å². The molecule has 4 rings (SSSR count). The third-order valence-corrected chi connectivity index (χ3v) is 4.97. The van der Waals surface area contributed by atoms with Crippen molar-refractivity contribution in [2.24, 2.45) is 5.41 Å². The van der Waals surface area contributed by atoms with E-state index in [-0.39, 0.29) is 23.3 Å². The zero-order valence-electron chi connectivity index (χ0n) is 15.9. The lowest BCUT2D eigenvalue weighted by Crippen LogP contribution is -2.37. The summed E-state index contributed by atoms with van der Waals surface area (Å²) in [5, 5.41) is 21.5. The molecular weight excluding hydrogens is 379 g/mol. The van der Waals surface area contributed by atoms with Gasteiger partial charge in [0, 0.05) is 24.3 Å². The van der Waals surface area contributed by atoms with Crippen molar-refractivity contribution in [1.82, 2.24) is 24.9 Å². The van der Waals surface area contributed by atoms with Crippen LogP contribution in [0.5, 0.6) is 0 Å². The van der Waals surface area contributed by atoms with Crippen molar-refractivity contribution in [3.8, 4) is 5.69 Å². The Kier molecular flexibility index (Phi) is 4.40. The Morgan fingerprint density at radius 1 is 1.28 bits per heavy atom. The standard InChI is InChI=1S/C19H19FN6O3/c1-19(2)7-16-12(8-22-25(16)14-5-3-13(20)4-6-14)10-24(11-19)18(27)15-9-21-23-17(15)26(28)29/h3-6,8-9H,7,10-11H2,1-2H3,(H,21,23). The van der Waals surface area contributed by atoms with Crippen LogP contribution in [0, 0.1) is 21.3 Å². The molecule has 0 unspecified atom stereocenters. The fourth-order valence-electron chi connectivity index (χ4n) is 3.71. The number of rotatable bonds is 3. The summed E-state index contributed by atoms with van der Waals surface area (Å²) in [7, 11) is 0. The minimum Gasteiger partial charge on any atom is -0.358 e. The number of halogens is 1. The number of nitro groups is 1. The summed E-state index contributed by atoms with van der Waals surface area (Å²) in [6.45, 7) is 4.72. The largest absolute Gasteiger partial charge is 0.358 e. The highest BCUT2D eigenvalue weighted by Gasteiger charge is 2.35. The monoisotopic (exact) mass is 398 g/mol. The summed E-state index contributed by atoms with van der Waals surface area (Å²) in [6, 6.07) is 6.05. The van der Waals surface area contributed by atoms with Crippen molar-refractivity contribution < 1.29 is 14.1 Å². The van der Waals surface area contributed by atoms with Crippen molar-refractivity contribution in [2.45, 2.75) is 26.8 Å². The number of fused-ring (bicyclic) bond motifs is 1. The van der Waals surface area contributed by atoms with Gasteiger partial charge in [0.15, 0.2) is 5.56 Å². The quantitative estimate of drug-likeness (QED) is 0.539. The van der Waals surface area contributed by atoms with Gasteiger partial charge in [-0.25, -0.2) is 9.07 Å². The Balaban J connectivity index is 1.71. The molecule has 3 aromatic rings.